The Hall–Kier alpha value is -1.36. The molecule has 3 fully saturated rings. The number of fused-ring (bicyclic) bond motifs is 1. The number of rotatable bonds is 1. The maximum absolute atomic E-state index is 12.9. The zero-order valence-corrected chi connectivity index (χ0v) is 12.2. The Morgan fingerprint density at radius 1 is 1.50 bits per heavy atom. The van der Waals surface area contributed by atoms with E-state index in [1.54, 1.807) is 10.9 Å². The molecule has 1 aromatic rings. The van der Waals surface area contributed by atoms with Crippen LogP contribution in [0.3, 0.4) is 0 Å². The van der Waals surface area contributed by atoms with Crippen LogP contribution in [0.4, 0.5) is 0 Å². The normalized spacial score (nSPS) is 39.1. The average molecular weight is 274 g/mol. The van der Waals surface area contributed by atoms with Gasteiger partial charge in [0.2, 0.25) is 0 Å². The van der Waals surface area contributed by atoms with E-state index in [-0.39, 0.29) is 11.3 Å². The molecule has 3 heterocycles. The molecule has 0 radical (unpaired) electrons. The fourth-order valence-corrected chi connectivity index (χ4v) is 4.78. The Morgan fingerprint density at radius 2 is 2.35 bits per heavy atom. The molecule has 2 saturated heterocycles. The summed E-state index contributed by atoms with van der Waals surface area (Å²) in [5.74, 6) is 0.148. The molecule has 1 saturated carbocycles. The van der Waals surface area contributed by atoms with Crippen LogP contribution in [0.2, 0.25) is 0 Å². The van der Waals surface area contributed by atoms with Crippen molar-refractivity contribution in [1.82, 2.24) is 20.0 Å². The zero-order chi connectivity index (χ0) is 13.9. The third-order valence-electron chi connectivity index (χ3n) is 5.74. The minimum absolute atomic E-state index is 0.148. The van der Waals surface area contributed by atoms with E-state index < -0.39 is 0 Å². The van der Waals surface area contributed by atoms with E-state index in [0.29, 0.717) is 23.8 Å². The molecule has 108 valence electrons. The quantitative estimate of drug-likeness (QED) is 0.836. The van der Waals surface area contributed by atoms with E-state index in [1.807, 2.05) is 13.1 Å². The number of aryl methyl sites for hydroxylation is 1. The molecule has 2 aliphatic heterocycles. The summed E-state index contributed by atoms with van der Waals surface area (Å²) < 4.78 is 1.69. The molecule has 1 aromatic heterocycles. The molecule has 20 heavy (non-hydrogen) atoms. The first-order valence-corrected chi connectivity index (χ1v) is 7.64. The molecule has 5 heteroatoms. The van der Waals surface area contributed by atoms with Gasteiger partial charge in [-0.25, -0.2) is 0 Å². The lowest BCUT2D eigenvalue weighted by atomic mass is 9.66. The molecular weight excluding hydrogens is 252 g/mol. The highest BCUT2D eigenvalue weighted by molar-refractivity contribution is 5.93. The summed E-state index contributed by atoms with van der Waals surface area (Å²) in [5, 5.41) is 7.89. The number of nitrogens with zero attached hydrogens (tertiary/aromatic N) is 3. The molecule has 0 unspecified atom stereocenters. The number of hydrogen-bond donors (Lipinski definition) is 1. The van der Waals surface area contributed by atoms with Crippen LogP contribution in [-0.4, -0.2) is 45.3 Å². The minimum atomic E-state index is 0.148. The van der Waals surface area contributed by atoms with E-state index >= 15 is 0 Å². The van der Waals surface area contributed by atoms with Crippen LogP contribution in [-0.2, 0) is 7.05 Å². The van der Waals surface area contributed by atoms with Crippen molar-refractivity contribution in [2.24, 2.45) is 12.5 Å². The SMILES string of the molecule is Cn1nccc1C(=O)N1C[C@@H]2C[C@@]3(C)[C@H](CCC[C@@H]13)N2. The molecule has 3 aliphatic rings. The van der Waals surface area contributed by atoms with Gasteiger partial charge in [-0.15, -0.1) is 0 Å². The lowest BCUT2D eigenvalue weighted by molar-refractivity contribution is 0.0123. The van der Waals surface area contributed by atoms with Crippen molar-refractivity contribution in [1.29, 1.82) is 0 Å². The van der Waals surface area contributed by atoms with Gasteiger partial charge in [0.05, 0.1) is 0 Å². The standard InChI is InChI=1S/C15H22N4O/c1-15-8-10-9-19(13(15)5-3-4-12(15)17-10)14(20)11-6-7-16-18(11)2/h6-7,10,12-13,17H,3-5,8-9H2,1-2H3/t10-,12-,13+,15-/m0/s1. The highest BCUT2D eigenvalue weighted by atomic mass is 16.2. The van der Waals surface area contributed by atoms with E-state index in [4.69, 9.17) is 0 Å². The Labute approximate surface area is 119 Å². The second-order valence-corrected chi connectivity index (χ2v) is 6.87. The van der Waals surface area contributed by atoms with Crippen LogP contribution < -0.4 is 5.32 Å². The number of nitrogens with one attached hydrogen (secondary N) is 1. The third kappa shape index (κ3) is 1.53. The number of carbonyl (C=O) groups is 1. The highest BCUT2D eigenvalue weighted by Crippen LogP contribution is 2.50. The summed E-state index contributed by atoms with van der Waals surface area (Å²) in [6, 6.07) is 3.27. The molecule has 2 bridgehead atoms. The topological polar surface area (TPSA) is 50.2 Å². The van der Waals surface area contributed by atoms with Crippen molar-refractivity contribution in [3.8, 4) is 0 Å². The van der Waals surface area contributed by atoms with Crippen LogP contribution in [0.25, 0.3) is 0 Å². The Balaban J connectivity index is 1.69. The van der Waals surface area contributed by atoms with Gasteiger partial charge < -0.3 is 10.2 Å². The molecular formula is C15H22N4O. The highest BCUT2D eigenvalue weighted by Gasteiger charge is 2.56. The summed E-state index contributed by atoms with van der Waals surface area (Å²) in [7, 11) is 1.84. The molecule has 5 nitrogen and oxygen atoms in total. The second kappa shape index (κ2) is 4.07. The number of carbonyl (C=O) groups excluding carboxylic acids is 1. The van der Waals surface area contributed by atoms with Gasteiger partial charge in [0.15, 0.2) is 0 Å². The monoisotopic (exact) mass is 274 g/mol. The van der Waals surface area contributed by atoms with Gasteiger partial charge in [0.25, 0.3) is 5.91 Å². The predicted octanol–water partition coefficient (Wildman–Crippen LogP) is 1.17. The number of piperidine rings is 1. The van der Waals surface area contributed by atoms with Crippen LogP contribution in [0, 0.1) is 5.41 Å². The maximum Gasteiger partial charge on any atom is 0.272 e. The van der Waals surface area contributed by atoms with Crippen LogP contribution in [0.15, 0.2) is 12.3 Å². The van der Waals surface area contributed by atoms with Crippen LogP contribution in [0.5, 0.6) is 0 Å². The van der Waals surface area contributed by atoms with Crippen molar-refractivity contribution in [3.05, 3.63) is 18.0 Å². The predicted molar refractivity (Wildman–Crippen MR) is 75.3 cm³/mol. The molecule has 1 amide bonds. The first-order chi connectivity index (χ1) is 9.59. The van der Waals surface area contributed by atoms with Crippen molar-refractivity contribution in [2.45, 2.75) is 50.7 Å². The maximum atomic E-state index is 12.9. The Bertz CT molecular complexity index is 554. The van der Waals surface area contributed by atoms with Crippen LogP contribution in [0.1, 0.15) is 43.1 Å². The van der Waals surface area contributed by atoms with E-state index in [0.717, 1.165) is 13.0 Å². The van der Waals surface area contributed by atoms with Crippen molar-refractivity contribution in [2.75, 3.05) is 6.54 Å². The van der Waals surface area contributed by atoms with E-state index in [2.05, 4.69) is 22.2 Å². The zero-order valence-electron chi connectivity index (χ0n) is 12.2. The van der Waals surface area contributed by atoms with E-state index in [1.165, 1.54) is 19.3 Å². The number of amides is 1. The Morgan fingerprint density at radius 3 is 3.10 bits per heavy atom. The summed E-state index contributed by atoms with van der Waals surface area (Å²) in [6.07, 6.45) is 6.55. The number of likely N-dealkylation sites (tertiary alicyclic amines) is 1. The van der Waals surface area contributed by atoms with Gasteiger partial charge in [-0.3, -0.25) is 9.48 Å². The van der Waals surface area contributed by atoms with Crippen LogP contribution >= 0.6 is 0 Å². The van der Waals surface area contributed by atoms with Gasteiger partial charge in [-0.05, 0) is 31.7 Å². The van der Waals surface area contributed by atoms with Crippen molar-refractivity contribution >= 4 is 5.91 Å². The molecule has 1 aliphatic carbocycles. The number of aromatic nitrogens is 2. The smallest absolute Gasteiger partial charge is 0.272 e. The summed E-state index contributed by atoms with van der Waals surface area (Å²) in [6.45, 7) is 3.22. The molecule has 4 atom stereocenters. The fourth-order valence-electron chi connectivity index (χ4n) is 4.78. The van der Waals surface area contributed by atoms with E-state index in [9.17, 15) is 4.79 Å². The number of hydrogen-bond acceptors (Lipinski definition) is 3. The summed E-state index contributed by atoms with van der Waals surface area (Å²) in [4.78, 5) is 15.0. The van der Waals surface area contributed by atoms with Crippen molar-refractivity contribution < 1.29 is 4.79 Å². The first-order valence-electron chi connectivity index (χ1n) is 7.64. The molecule has 1 N–H and O–H groups in total. The minimum Gasteiger partial charge on any atom is -0.332 e. The summed E-state index contributed by atoms with van der Waals surface area (Å²) in [5.41, 5.74) is 0.965. The molecule has 0 aromatic carbocycles. The van der Waals surface area contributed by atoms with Gasteiger partial charge in [-0.1, -0.05) is 6.92 Å². The van der Waals surface area contributed by atoms with Crippen molar-refractivity contribution in [3.63, 3.8) is 0 Å². The fraction of sp³-hybridized carbons (Fsp3) is 0.733. The second-order valence-electron chi connectivity index (χ2n) is 6.87. The third-order valence-corrected chi connectivity index (χ3v) is 5.74. The molecule has 4 rings (SSSR count). The largest absolute Gasteiger partial charge is 0.332 e. The lowest BCUT2D eigenvalue weighted by Gasteiger charge is -2.50. The average Bonchev–Trinajstić information content (AvgIpc) is 2.97. The summed E-state index contributed by atoms with van der Waals surface area (Å²) >= 11 is 0. The first kappa shape index (κ1) is 12.4. The molecule has 0 spiro atoms. The van der Waals surface area contributed by atoms with Gasteiger partial charge in [0, 0.05) is 43.3 Å². The van der Waals surface area contributed by atoms with Gasteiger partial charge in [-0.2, -0.15) is 5.10 Å². The van der Waals surface area contributed by atoms with Gasteiger partial charge in [0.1, 0.15) is 5.69 Å². The Kier molecular flexibility index (Phi) is 2.52. The van der Waals surface area contributed by atoms with Gasteiger partial charge >= 0.3 is 0 Å². The lowest BCUT2D eigenvalue weighted by Crippen LogP contribution is -2.57.